The zero-order valence-electron chi connectivity index (χ0n) is 15.6. The zero-order valence-corrected chi connectivity index (χ0v) is 16.4. The Morgan fingerprint density at radius 1 is 1.24 bits per heavy atom. The number of nitrogens with one attached hydrogen (secondary N) is 2. The van der Waals surface area contributed by atoms with Gasteiger partial charge in [-0.3, -0.25) is 4.99 Å². The molecule has 0 aliphatic rings. The van der Waals surface area contributed by atoms with Crippen LogP contribution in [-0.2, 0) is 12.8 Å². The highest BCUT2D eigenvalue weighted by Crippen LogP contribution is 2.16. The van der Waals surface area contributed by atoms with Crippen LogP contribution < -0.4 is 15.4 Å². The number of hydrogen-bond acceptors (Lipinski definition) is 4. The quantitative estimate of drug-likeness (QED) is 0.561. The predicted molar refractivity (Wildman–Crippen MR) is 106 cm³/mol. The molecule has 5 nitrogen and oxygen atoms in total. The van der Waals surface area contributed by atoms with Crippen LogP contribution in [0, 0.1) is 13.8 Å². The van der Waals surface area contributed by atoms with Crippen LogP contribution in [0.2, 0.25) is 0 Å². The maximum atomic E-state index is 5.26. The van der Waals surface area contributed by atoms with E-state index >= 15 is 0 Å². The van der Waals surface area contributed by atoms with Crippen molar-refractivity contribution >= 4 is 17.3 Å². The summed E-state index contributed by atoms with van der Waals surface area (Å²) in [6, 6.07) is 8.16. The minimum atomic E-state index is 0.737. The molecule has 2 N–H and O–H groups in total. The van der Waals surface area contributed by atoms with Crippen LogP contribution in [0.25, 0.3) is 0 Å². The van der Waals surface area contributed by atoms with Crippen molar-refractivity contribution in [1.82, 2.24) is 15.6 Å². The van der Waals surface area contributed by atoms with Gasteiger partial charge < -0.3 is 15.4 Å². The minimum Gasteiger partial charge on any atom is -0.497 e. The molecule has 136 valence electrons. The van der Waals surface area contributed by atoms with Crippen molar-refractivity contribution in [2.45, 2.75) is 33.6 Å². The molecular weight excluding hydrogens is 332 g/mol. The Morgan fingerprint density at radius 2 is 2.08 bits per heavy atom. The molecular formula is C19H28N4OS. The zero-order chi connectivity index (χ0) is 18.1. The van der Waals surface area contributed by atoms with E-state index in [4.69, 9.17) is 4.74 Å². The highest BCUT2D eigenvalue weighted by molar-refractivity contribution is 7.11. The highest BCUT2D eigenvalue weighted by atomic mass is 32.1. The first kappa shape index (κ1) is 19.2. The average molecular weight is 361 g/mol. The van der Waals surface area contributed by atoms with E-state index in [0.717, 1.165) is 54.9 Å². The number of ether oxygens (including phenoxy) is 1. The van der Waals surface area contributed by atoms with E-state index in [1.165, 1.54) is 10.4 Å². The van der Waals surface area contributed by atoms with Crippen LogP contribution in [-0.4, -0.2) is 37.7 Å². The third kappa shape index (κ3) is 6.38. The Labute approximate surface area is 154 Å². The molecule has 1 aromatic heterocycles. The molecule has 0 fully saturated rings. The Balaban J connectivity index is 1.82. The molecule has 6 heteroatoms. The van der Waals surface area contributed by atoms with Crippen molar-refractivity contribution in [3.05, 3.63) is 45.4 Å². The fourth-order valence-corrected chi connectivity index (χ4v) is 3.33. The lowest BCUT2D eigenvalue weighted by Crippen LogP contribution is -2.38. The topological polar surface area (TPSA) is 58.5 Å². The molecule has 2 aromatic rings. The summed E-state index contributed by atoms with van der Waals surface area (Å²) in [6.07, 6.45) is 1.80. The number of aryl methyl sites for hydroxylation is 2. The third-order valence-corrected chi connectivity index (χ3v) is 4.99. The first-order valence-corrected chi connectivity index (χ1v) is 9.52. The number of rotatable bonds is 8. The number of thiazole rings is 1. The minimum absolute atomic E-state index is 0.737. The summed E-state index contributed by atoms with van der Waals surface area (Å²) in [5, 5.41) is 7.84. The summed E-state index contributed by atoms with van der Waals surface area (Å²) in [6.45, 7) is 8.66. The molecule has 0 unspecified atom stereocenters. The summed E-state index contributed by atoms with van der Waals surface area (Å²) in [7, 11) is 1.69. The number of nitrogens with zero attached hydrogens (tertiary/aromatic N) is 2. The summed E-state index contributed by atoms with van der Waals surface area (Å²) in [4.78, 5) is 10.5. The van der Waals surface area contributed by atoms with Gasteiger partial charge in [0.25, 0.3) is 0 Å². The average Bonchev–Trinajstić information content (AvgIpc) is 2.93. The van der Waals surface area contributed by atoms with E-state index in [2.05, 4.69) is 53.5 Å². The SMILES string of the molecule is CCNC(=NCCc1nc(C)c(C)s1)NCCc1cccc(OC)c1. The van der Waals surface area contributed by atoms with E-state index in [1.54, 1.807) is 18.4 Å². The van der Waals surface area contributed by atoms with Gasteiger partial charge in [-0.2, -0.15) is 0 Å². The van der Waals surface area contributed by atoms with Crippen molar-refractivity contribution in [3.63, 3.8) is 0 Å². The molecule has 0 aliphatic heterocycles. The van der Waals surface area contributed by atoms with Gasteiger partial charge in [0.2, 0.25) is 0 Å². The van der Waals surface area contributed by atoms with E-state index < -0.39 is 0 Å². The second-order valence-electron chi connectivity index (χ2n) is 5.79. The standard InChI is InChI=1S/C19H28N4OS/c1-5-20-19(22-12-10-18-23-14(2)15(3)25-18)21-11-9-16-7-6-8-17(13-16)24-4/h6-8,13H,5,9-12H2,1-4H3,(H2,20,21,22). The number of guanidine groups is 1. The van der Waals surface area contributed by atoms with Crippen molar-refractivity contribution in [3.8, 4) is 5.75 Å². The number of benzene rings is 1. The first-order valence-electron chi connectivity index (χ1n) is 8.70. The van der Waals surface area contributed by atoms with Crippen LogP contribution in [0.3, 0.4) is 0 Å². The van der Waals surface area contributed by atoms with Crippen LogP contribution in [0.5, 0.6) is 5.75 Å². The molecule has 0 atom stereocenters. The van der Waals surface area contributed by atoms with Crippen LogP contribution in [0.15, 0.2) is 29.3 Å². The lowest BCUT2D eigenvalue weighted by Gasteiger charge is -2.11. The fourth-order valence-electron chi connectivity index (χ4n) is 2.40. The molecule has 0 saturated heterocycles. The number of hydrogen-bond donors (Lipinski definition) is 2. The monoisotopic (exact) mass is 360 g/mol. The Morgan fingerprint density at radius 3 is 2.76 bits per heavy atom. The van der Waals surface area contributed by atoms with Crippen molar-refractivity contribution in [2.24, 2.45) is 4.99 Å². The van der Waals surface area contributed by atoms with E-state index in [-0.39, 0.29) is 0 Å². The molecule has 0 aliphatic carbocycles. The Hall–Kier alpha value is -2.08. The van der Waals surface area contributed by atoms with Crippen LogP contribution >= 0.6 is 11.3 Å². The molecule has 2 rings (SSSR count). The molecule has 0 saturated carbocycles. The molecule has 0 bridgehead atoms. The number of methoxy groups -OCH3 is 1. The first-order chi connectivity index (χ1) is 12.1. The lowest BCUT2D eigenvalue weighted by molar-refractivity contribution is 0.414. The van der Waals surface area contributed by atoms with Gasteiger partial charge in [0.15, 0.2) is 5.96 Å². The van der Waals surface area contributed by atoms with Crippen LogP contribution in [0.1, 0.15) is 28.1 Å². The molecule has 25 heavy (non-hydrogen) atoms. The van der Waals surface area contributed by atoms with Gasteiger partial charge in [0.05, 0.1) is 17.8 Å². The third-order valence-electron chi connectivity index (χ3n) is 3.85. The molecule has 0 spiro atoms. The summed E-state index contributed by atoms with van der Waals surface area (Å²) in [5.74, 6) is 1.75. The maximum absolute atomic E-state index is 5.26. The highest BCUT2D eigenvalue weighted by Gasteiger charge is 2.04. The largest absolute Gasteiger partial charge is 0.497 e. The van der Waals surface area contributed by atoms with Crippen molar-refractivity contribution in [2.75, 3.05) is 26.7 Å². The molecule has 0 radical (unpaired) electrons. The van der Waals surface area contributed by atoms with Gasteiger partial charge in [-0.05, 0) is 44.9 Å². The van der Waals surface area contributed by atoms with Crippen molar-refractivity contribution < 1.29 is 4.74 Å². The predicted octanol–water partition coefficient (Wildman–Crippen LogP) is 3.11. The Bertz CT molecular complexity index is 677. The van der Waals surface area contributed by atoms with Gasteiger partial charge in [-0.15, -0.1) is 11.3 Å². The van der Waals surface area contributed by atoms with Gasteiger partial charge in [0, 0.05) is 30.9 Å². The van der Waals surface area contributed by atoms with E-state index in [0.29, 0.717) is 0 Å². The number of aliphatic imine (C=N–C) groups is 1. The van der Waals surface area contributed by atoms with Crippen molar-refractivity contribution in [1.29, 1.82) is 0 Å². The second kappa shape index (κ2) is 10.0. The van der Waals surface area contributed by atoms with E-state index in [1.807, 2.05) is 12.1 Å². The Kier molecular flexibility index (Phi) is 7.73. The molecule has 1 aromatic carbocycles. The summed E-state index contributed by atoms with van der Waals surface area (Å²) >= 11 is 1.76. The molecule has 0 amide bonds. The molecule has 1 heterocycles. The maximum Gasteiger partial charge on any atom is 0.191 e. The van der Waals surface area contributed by atoms with Gasteiger partial charge >= 0.3 is 0 Å². The fraction of sp³-hybridized carbons (Fsp3) is 0.474. The lowest BCUT2D eigenvalue weighted by atomic mass is 10.1. The van der Waals surface area contributed by atoms with Gasteiger partial charge in [0.1, 0.15) is 5.75 Å². The normalized spacial score (nSPS) is 11.4. The second-order valence-corrected chi connectivity index (χ2v) is 7.08. The smallest absolute Gasteiger partial charge is 0.191 e. The van der Waals surface area contributed by atoms with Gasteiger partial charge in [-0.1, -0.05) is 12.1 Å². The summed E-state index contributed by atoms with van der Waals surface area (Å²) in [5.41, 5.74) is 2.38. The summed E-state index contributed by atoms with van der Waals surface area (Å²) < 4.78 is 5.26. The number of aromatic nitrogens is 1. The van der Waals surface area contributed by atoms with E-state index in [9.17, 15) is 0 Å². The van der Waals surface area contributed by atoms with Crippen LogP contribution in [0.4, 0.5) is 0 Å². The van der Waals surface area contributed by atoms with Gasteiger partial charge in [-0.25, -0.2) is 4.98 Å².